The summed E-state index contributed by atoms with van der Waals surface area (Å²) in [6.07, 6.45) is -1.57. The largest absolute Gasteiger partial charge is 0.467 e. The molecule has 1 N–H and O–H groups in total. The zero-order chi connectivity index (χ0) is 19.8. The maximum absolute atomic E-state index is 12.7. The number of hydrogen-bond donors (Lipinski definition) is 1. The highest BCUT2D eigenvalue weighted by molar-refractivity contribution is 6.31. The SMILES string of the molecule is CNc1nccc2c1CN(C(C)c1cnc(OCC(F)(F)F)c(Cl)c1)C2=O. The van der Waals surface area contributed by atoms with E-state index >= 15 is 0 Å². The van der Waals surface area contributed by atoms with Crippen LogP contribution in [0.3, 0.4) is 0 Å². The first-order valence-electron chi connectivity index (χ1n) is 8.03. The standard InChI is InChI=1S/C17H16ClF3N4O2/c1-9(10-5-13(18)15(24-6-10)27-8-17(19,20)21)25-7-12-11(16(25)26)3-4-23-14(12)22-2/h3-6,9H,7-8H2,1-2H3,(H,22,23). The van der Waals surface area contributed by atoms with Crippen molar-refractivity contribution >= 4 is 23.3 Å². The molecule has 0 spiro atoms. The molecule has 3 heterocycles. The van der Waals surface area contributed by atoms with Crippen LogP contribution in [0.2, 0.25) is 5.02 Å². The van der Waals surface area contributed by atoms with Crippen molar-refractivity contribution in [1.82, 2.24) is 14.9 Å². The Hall–Kier alpha value is -2.55. The van der Waals surface area contributed by atoms with Crippen molar-refractivity contribution in [1.29, 1.82) is 0 Å². The fourth-order valence-electron chi connectivity index (χ4n) is 2.88. The summed E-state index contributed by atoms with van der Waals surface area (Å²) in [6, 6.07) is 2.72. The van der Waals surface area contributed by atoms with Gasteiger partial charge in [-0.25, -0.2) is 9.97 Å². The molecule has 2 aromatic heterocycles. The predicted molar refractivity (Wildman–Crippen MR) is 92.9 cm³/mol. The second kappa shape index (κ2) is 7.22. The van der Waals surface area contributed by atoms with E-state index in [4.69, 9.17) is 11.6 Å². The molecule has 0 radical (unpaired) electrons. The Bertz CT molecular complexity index is 876. The molecule has 1 atom stereocenters. The summed E-state index contributed by atoms with van der Waals surface area (Å²) in [5, 5.41) is 2.91. The minimum atomic E-state index is -4.48. The maximum atomic E-state index is 12.7. The number of nitrogens with zero attached hydrogens (tertiary/aromatic N) is 3. The van der Waals surface area contributed by atoms with E-state index in [9.17, 15) is 18.0 Å². The van der Waals surface area contributed by atoms with Crippen LogP contribution in [0.4, 0.5) is 19.0 Å². The number of carbonyl (C=O) groups is 1. The van der Waals surface area contributed by atoms with Gasteiger partial charge in [0.2, 0.25) is 5.88 Å². The highest BCUT2D eigenvalue weighted by Crippen LogP contribution is 2.35. The number of pyridine rings is 2. The van der Waals surface area contributed by atoms with Crippen LogP contribution in [-0.2, 0) is 6.54 Å². The maximum Gasteiger partial charge on any atom is 0.422 e. The summed E-state index contributed by atoms with van der Waals surface area (Å²) in [7, 11) is 1.72. The lowest BCUT2D eigenvalue weighted by molar-refractivity contribution is -0.154. The van der Waals surface area contributed by atoms with Crippen LogP contribution in [0.15, 0.2) is 24.5 Å². The van der Waals surface area contributed by atoms with Gasteiger partial charge in [-0.2, -0.15) is 13.2 Å². The van der Waals surface area contributed by atoms with Crippen molar-refractivity contribution in [3.63, 3.8) is 0 Å². The fourth-order valence-corrected chi connectivity index (χ4v) is 3.11. The van der Waals surface area contributed by atoms with Crippen molar-refractivity contribution in [3.8, 4) is 5.88 Å². The minimum absolute atomic E-state index is 0.0506. The number of aromatic nitrogens is 2. The molecule has 27 heavy (non-hydrogen) atoms. The molecule has 1 aliphatic rings. The highest BCUT2D eigenvalue weighted by Gasteiger charge is 2.34. The summed E-state index contributed by atoms with van der Waals surface area (Å²) in [5.41, 5.74) is 1.94. The van der Waals surface area contributed by atoms with Crippen molar-refractivity contribution in [2.24, 2.45) is 0 Å². The van der Waals surface area contributed by atoms with Gasteiger partial charge in [0.15, 0.2) is 6.61 Å². The van der Waals surface area contributed by atoms with Gasteiger partial charge in [-0.1, -0.05) is 11.6 Å². The number of halogens is 4. The van der Waals surface area contributed by atoms with Gasteiger partial charge in [0, 0.05) is 30.6 Å². The third-order valence-electron chi connectivity index (χ3n) is 4.26. The number of fused-ring (bicyclic) bond motifs is 1. The molecule has 0 aliphatic carbocycles. The fraction of sp³-hybridized carbons (Fsp3) is 0.353. The molecule has 10 heteroatoms. The second-order valence-electron chi connectivity index (χ2n) is 6.00. The summed E-state index contributed by atoms with van der Waals surface area (Å²) in [5.74, 6) is 0.162. The van der Waals surface area contributed by atoms with Gasteiger partial charge >= 0.3 is 6.18 Å². The van der Waals surface area contributed by atoms with E-state index in [-0.39, 0.29) is 16.8 Å². The minimum Gasteiger partial charge on any atom is -0.467 e. The number of anilines is 1. The number of amides is 1. The molecule has 0 fully saturated rings. The molecule has 0 bridgehead atoms. The van der Waals surface area contributed by atoms with Crippen LogP contribution in [-0.4, -0.2) is 40.6 Å². The van der Waals surface area contributed by atoms with Crippen molar-refractivity contribution in [3.05, 3.63) is 46.2 Å². The summed E-state index contributed by atoms with van der Waals surface area (Å²) >= 11 is 6.00. The van der Waals surface area contributed by atoms with Crippen molar-refractivity contribution in [2.75, 3.05) is 19.0 Å². The Labute approximate surface area is 158 Å². The first-order chi connectivity index (χ1) is 12.7. The van der Waals surface area contributed by atoms with Crippen LogP contribution < -0.4 is 10.1 Å². The molecule has 0 saturated heterocycles. The van der Waals surface area contributed by atoms with Crippen molar-refractivity contribution in [2.45, 2.75) is 25.7 Å². The molecule has 3 rings (SSSR count). The van der Waals surface area contributed by atoms with Gasteiger partial charge in [0.25, 0.3) is 5.91 Å². The van der Waals surface area contributed by atoms with Gasteiger partial charge in [0.1, 0.15) is 10.8 Å². The molecule has 1 unspecified atom stereocenters. The van der Waals surface area contributed by atoms with E-state index in [1.807, 2.05) is 0 Å². The lowest BCUT2D eigenvalue weighted by Crippen LogP contribution is -2.27. The average molecular weight is 401 g/mol. The Morgan fingerprint density at radius 3 is 2.78 bits per heavy atom. The number of hydrogen-bond acceptors (Lipinski definition) is 5. The predicted octanol–water partition coefficient (Wildman–Crippen LogP) is 3.83. The van der Waals surface area contributed by atoms with E-state index < -0.39 is 18.8 Å². The second-order valence-corrected chi connectivity index (χ2v) is 6.41. The van der Waals surface area contributed by atoms with Crippen LogP contribution >= 0.6 is 11.6 Å². The number of carbonyl (C=O) groups excluding carboxylic acids is 1. The molecule has 1 amide bonds. The highest BCUT2D eigenvalue weighted by atomic mass is 35.5. The Kier molecular flexibility index (Phi) is 5.14. The van der Waals surface area contributed by atoms with Gasteiger partial charge in [-0.3, -0.25) is 4.79 Å². The summed E-state index contributed by atoms with van der Waals surface area (Å²) in [4.78, 5) is 22.4. The molecule has 1 aliphatic heterocycles. The van der Waals surface area contributed by atoms with Crippen molar-refractivity contribution < 1.29 is 22.7 Å². The quantitative estimate of drug-likeness (QED) is 0.826. The molecule has 0 saturated carbocycles. The van der Waals surface area contributed by atoms with Crippen LogP contribution in [0.25, 0.3) is 0 Å². The normalized spacial score (nSPS) is 14.9. The number of nitrogens with one attached hydrogen (secondary N) is 1. The van der Waals surface area contributed by atoms with E-state index in [0.29, 0.717) is 23.5 Å². The Morgan fingerprint density at radius 2 is 2.15 bits per heavy atom. The van der Waals surface area contributed by atoms with Gasteiger partial charge in [-0.15, -0.1) is 0 Å². The third-order valence-corrected chi connectivity index (χ3v) is 4.53. The van der Waals surface area contributed by atoms with E-state index in [0.717, 1.165) is 5.56 Å². The lowest BCUT2D eigenvalue weighted by atomic mass is 10.1. The molecular weight excluding hydrogens is 385 g/mol. The first-order valence-corrected chi connectivity index (χ1v) is 8.40. The van der Waals surface area contributed by atoms with Gasteiger partial charge in [-0.05, 0) is 24.6 Å². The summed E-state index contributed by atoms with van der Waals surface area (Å²) in [6.45, 7) is 0.664. The van der Waals surface area contributed by atoms with Crippen LogP contribution in [0.5, 0.6) is 5.88 Å². The first kappa shape index (κ1) is 19.2. The topological polar surface area (TPSA) is 67.3 Å². The Balaban J connectivity index is 1.80. The molecular formula is C17H16ClF3N4O2. The van der Waals surface area contributed by atoms with Crippen LogP contribution in [0.1, 0.15) is 34.5 Å². The summed E-state index contributed by atoms with van der Waals surface area (Å²) < 4.78 is 41.4. The van der Waals surface area contributed by atoms with Gasteiger partial charge < -0.3 is 15.0 Å². The number of rotatable bonds is 5. The molecule has 0 aromatic carbocycles. The molecule has 6 nitrogen and oxygen atoms in total. The van der Waals surface area contributed by atoms with E-state index in [1.54, 1.807) is 31.1 Å². The zero-order valence-corrected chi connectivity index (χ0v) is 15.2. The van der Waals surface area contributed by atoms with E-state index in [2.05, 4.69) is 20.0 Å². The zero-order valence-electron chi connectivity index (χ0n) is 14.5. The van der Waals surface area contributed by atoms with Crippen LogP contribution in [0, 0.1) is 0 Å². The number of ether oxygens (including phenoxy) is 1. The third kappa shape index (κ3) is 3.92. The van der Waals surface area contributed by atoms with Gasteiger partial charge in [0.05, 0.1) is 12.6 Å². The lowest BCUT2D eigenvalue weighted by Gasteiger charge is -2.25. The van der Waals surface area contributed by atoms with E-state index in [1.165, 1.54) is 12.3 Å². The molecule has 2 aromatic rings. The molecule has 144 valence electrons. The Morgan fingerprint density at radius 1 is 1.41 bits per heavy atom. The average Bonchev–Trinajstić information content (AvgIpc) is 2.96. The number of alkyl halides is 3. The smallest absolute Gasteiger partial charge is 0.422 e. The monoisotopic (exact) mass is 400 g/mol.